The Labute approximate surface area is 164 Å². The summed E-state index contributed by atoms with van der Waals surface area (Å²) in [6.45, 7) is 2.07. The summed E-state index contributed by atoms with van der Waals surface area (Å²) >= 11 is 0. The van der Waals surface area contributed by atoms with Gasteiger partial charge in [-0.05, 0) is 31.0 Å². The van der Waals surface area contributed by atoms with Gasteiger partial charge in [-0.1, -0.05) is 49.7 Å². The van der Waals surface area contributed by atoms with Gasteiger partial charge in [-0.3, -0.25) is 0 Å². The fourth-order valence-corrected chi connectivity index (χ4v) is 4.38. The fraction of sp³-hybridized carbons (Fsp3) is 0.200. The van der Waals surface area contributed by atoms with E-state index in [-0.39, 0.29) is 10.9 Å². The van der Waals surface area contributed by atoms with E-state index in [0.717, 1.165) is 18.2 Å². The van der Waals surface area contributed by atoms with E-state index in [2.05, 4.69) is 17.1 Å². The lowest BCUT2D eigenvalue weighted by Gasteiger charge is -2.07. The summed E-state index contributed by atoms with van der Waals surface area (Å²) in [4.78, 5) is 0.221. The Morgan fingerprint density at radius 1 is 1.00 bits per heavy atom. The highest BCUT2D eigenvalue weighted by Gasteiger charge is 2.22. The first-order chi connectivity index (χ1) is 13.4. The van der Waals surface area contributed by atoms with Crippen molar-refractivity contribution in [3.05, 3.63) is 66.4 Å². The molecule has 0 aliphatic rings. The minimum atomic E-state index is -3.75. The summed E-state index contributed by atoms with van der Waals surface area (Å²) in [5, 5.41) is 8.77. The fourth-order valence-electron chi connectivity index (χ4n) is 2.99. The number of hydrogen-bond donors (Lipinski definition) is 2. The van der Waals surface area contributed by atoms with Gasteiger partial charge in [-0.2, -0.15) is 5.10 Å². The Hall–Kier alpha value is -3.13. The van der Waals surface area contributed by atoms with Crippen LogP contribution in [0.15, 0.2) is 75.9 Å². The molecule has 3 rings (SSSR count). The maximum absolute atomic E-state index is 13.2. The molecule has 1 aromatic heterocycles. The Morgan fingerprint density at radius 3 is 2.36 bits per heavy atom. The van der Waals surface area contributed by atoms with Crippen LogP contribution >= 0.6 is 0 Å². The lowest BCUT2D eigenvalue weighted by atomic mass is 10.0. The Balaban J connectivity index is 2.23. The molecule has 7 nitrogen and oxygen atoms in total. The minimum Gasteiger partial charge on any atom is -0.369 e. The maximum atomic E-state index is 13.2. The zero-order chi connectivity index (χ0) is 20.1. The molecule has 8 heteroatoms. The SMILES string of the molecule is CCCC/C(=N/N=C(N)N)c1cn(S(=O)(=O)c2ccccc2)c2ccccc12. The Morgan fingerprint density at radius 2 is 1.68 bits per heavy atom. The molecule has 0 spiro atoms. The smallest absolute Gasteiger partial charge is 0.268 e. The van der Waals surface area contributed by atoms with Crippen LogP contribution in [0.5, 0.6) is 0 Å². The molecule has 0 amide bonds. The first kappa shape index (κ1) is 19.6. The van der Waals surface area contributed by atoms with Crippen LogP contribution in [0.1, 0.15) is 31.7 Å². The number of rotatable bonds is 7. The number of guanidine groups is 1. The quantitative estimate of drug-likeness (QED) is 0.362. The third-order valence-corrected chi connectivity index (χ3v) is 6.03. The lowest BCUT2D eigenvalue weighted by Crippen LogP contribution is -2.22. The highest BCUT2D eigenvalue weighted by molar-refractivity contribution is 7.90. The van der Waals surface area contributed by atoms with Crippen LogP contribution < -0.4 is 11.5 Å². The average molecular weight is 398 g/mol. The van der Waals surface area contributed by atoms with Crippen molar-refractivity contribution >= 4 is 32.6 Å². The molecule has 146 valence electrons. The average Bonchev–Trinajstić information content (AvgIpc) is 3.09. The van der Waals surface area contributed by atoms with E-state index in [0.29, 0.717) is 23.2 Å². The van der Waals surface area contributed by atoms with Gasteiger partial charge in [0.15, 0.2) is 0 Å². The zero-order valence-corrected chi connectivity index (χ0v) is 16.4. The summed E-state index contributed by atoms with van der Waals surface area (Å²) in [5.74, 6) is -0.144. The maximum Gasteiger partial charge on any atom is 0.268 e. The Kier molecular flexibility index (Phi) is 5.79. The molecule has 0 aliphatic heterocycles. The van der Waals surface area contributed by atoms with Crippen LogP contribution in [0.25, 0.3) is 10.9 Å². The molecule has 0 saturated heterocycles. The van der Waals surface area contributed by atoms with E-state index in [1.807, 2.05) is 18.2 Å². The van der Waals surface area contributed by atoms with E-state index >= 15 is 0 Å². The number of fused-ring (bicyclic) bond motifs is 1. The molecule has 0 fully saturated rings. The summed E-state index contributed by atoms with van der Waals surface area (Å²) in [6.07, 6.45) is 4.07. The van der Waals surface area contributed by atoms with E-state index in [1.165, 1.54) is 3.97 Å². The van der Waals surface area contributed by atoms with E-state index < -0.39 is 10.0 Å². The minimum absolute atomic E-state index is 0.144. The molecule has 0 bridgehead atoms. The molecule has 3 aromatic rings. The molecule has 28 heavy (non-hydrogen) atoms. The van der Waals surface area contributed by atoms with Crippen molar-refractivity contribution in [2.75, 3.05) is 0 Å². The highest BCUT2D eigenvalue weighted by atomic mass is 32.2. The predicted molar refractivity (Wildman–Crippen MR) is 113 cm³/mol. The van der Waals surface area contributed by atoms with E-state index in [4.69, 9.17) is 11.5 Å². The van der Waals surface area contributed by atoms with Crippen LogP contribution in [0.2, 0.25) is 0 Å². The number of nitrogens with zero attached hydrogens (tertiary/aromatic N) is 3. The van der Waals surface area contributed by atoms with Crippen molar-refractivity contribution < 1.29 is 8.42 Å². The molecule has 4 N–H and O–H groups in total. The van der Waals surface area contributed by atoms with Gasteiger partial charge in [-0.15, -0.1) is 5.10 Å². The number of hydrogen-bond acceptors (Lipinski definition) is 4. The monoisotopic (exact) mass is 397 g/mol. The second kappa shape index (κ2) is 8.26. The molecule has 1 heterocycles. The summed E-state index contributed by atoms with van der Waals surface area (Å²) in [6, 6.07) is 15.7. The number of benzene rings is 2. The van der Waals surface area contributed by atoms with Gasteiger partial charge in [0.1, 0.15) is 0 Å². The van der Waals surface area contributed by atoms with Crippen LogP contribution in [-0.2, 0) is 10.0 Å². The largest absolute Gasteiger partial charge is 0.369 e. The molecule has 0 saturated carbocycles. The number of nitrogens with two attached hydrogens (primary N) is 2. The number of para-hydroxylation sites is 1. The molecular formula is C20H23N5O2S. The van der Waals surface area contributed by atoms with Crippen molar-refractivity contribution in [2.45, 2.75) is 31.1 Å². The summed E-state index contributed by atoms with van der Waals surface area (Å²) < 4.78 is 27.7. The highest BCUT2D eigenvalue weighted by Crippen LogP contribution is 2.27. The summed E-state index contributed by atoms with van der Waals surface area (Å²) in [5.41, 5.74) is 12.8. The molecule has 0 atom stereocenters. The zero-order valence-electron chi connectivity index (χ0n) is 15.6. The van der Waals surface area contributed by atoms with Crippen molar-refractivity contribution in [1.82, 2.24) is 3.97 Å². The third-order valence-electron chi connectivity index (χ3n) is 4.34. The predicted octanol–water partition coefficient (Wildman–Crippen LogP) is 3.05. The normalized spacial score (nSPS) is 12.2. The van der Waals surface area contributed by atoms with Gasteiger partial charge in [0, 0.05) is 17.1 Å². The molecule has 0 radical (unpaired) electrons. The van der Waals surface area contributed by atoms with Crippen molar-refractivity contribution in [2.24, 2.45) is 21.7 Å². The lowest BCUT2D eigenvalue weighted by molar-refractivity contribution is 0.589. The molecule has 0 aliphatic carbocycles. The number of unbranched alkanes of at least 4 members (excludes halogenated alkanes) is 1. The van der Waals surface area contributed by atoms with Crippen LogP contribution in [-0.4, -0.2) is 24.1 Å². The van der Waals surface area contributed by atoms with Crippen molar-refractivity contribution in [3.8, 4) is 0 Å². The van der Waals surface area contributed by atoms with E-state index in [9.17, 15) is 8.42 Å². The first-order valence-corrected chi connectivity index (χ1v) is 10.5. The van der Waals surface area contributed by atoms with Gasteiger partial charge >= 0.3 is 0 Å². The first-order valence-electron chi connectivity index (χ1n) is 9.01. The van der Waals surface area contributed by atoms with Gasteiger partial charge in [-0.25, -0.2) is 12.4 Å². The standard InChI is InChI=1S/C20H23N5O2S/c1-2-3-12-18(23-24-20(21)22)17-14-25(19-13-8-7-11-16(17)19)28(26,27)15-9-5-4-6-10-15/h4-11,13-14H,2-3,12H2,1H3,(H4,21,22,24)/b23-18-. The van der Waals surface area contributed by atoms with Crippen LogP contribution in [0.3, 0.4) is 0 Å². The molecular weight excluding hydrogens is 374 g/mol. The second-order valence-corrected chi connectivity index (χ2v) is 8.16. The topological polar surface area (TPSA) is 116 Å². The third kappa shape index (κ3) is 3.91. The van der Waals surface area contributed by atoms with Gasteiger partial charge in [0.25, 0.3) is 10.0 Å². The number of aromatic nitrogens is 1. The van der Waals surface area contributed by atoms with Gasteiger partial charge in [0.2, 0.25) is 5.96 Å². The summed E-state index contributed by atoms with van der Waals surface area (Å²) in [7, 11) is -3.75. The van der Waals surface area contributed by atoms with Crippen LogP contribution in [0.4, 0.5) is 0 Å². The van der Waals surface area contributed by atoms with E-state index in [1.54, 1.807) is 42.6 Å². The van der Waals surface area contributed by atoms with Crippen molar-refractivity contribution in [1.29, 1.82) is 0 Å². The molecule has 2 aromatic carbocycles. The molecule has 0 unspecified atom stereocenters. The van der Waals surface area contributed by atoms with Crippen molar-refractivity contribution in [3.63, 3.8) is 0 Å². The van der Waals surface area contributed by atoms with Crippen LogP contribution in [0, 0.1) is 0 Å². The van der Waals surface area contributed by atoms with Gasteiger partial charge < -0.3 is 11.5 Å². The second-order valence-electron chi connectivity index (χ2n) is 6.35. The Bertz CT molecular complexity index is 1130. The van der Waals surface area contributed by atoms with Gasteiger partial charge in [0.05, 0.1) is 16.1 Å².